The molecule has 86 valence electrons. The van der Waals surface area contributed by atoms with Crippen LogP contribution in [0.3, 0.4) is 0 Å². The van der Waals surface area contributed by atoms with Crippen molar-refractivity contribution < 1.29 is 19.7 Å². The third kappa shape index (κ3) is 3.49. The highest BCUT2D eigenvalue weighted by molar-refractivity contribution is 5.75. The number of rotatable bonds is 4. The van der Waals surface area contributed by atoms with E-state index in [1.54, 1.807) is 6.08 Å². The van der Waals surface area contributed by atoms with E-state index in [9.17, 15) is 15.0 Å². The molecule has 4 nitrogen and oxygen atoms in total. The van der Waals surface area contributed by atoms with E-state index in [0.29, 0.717) is 0 Å². The van der Waals surface area contributed by atoms with Crippen LogP contribution in [0.15, 0.2) is 36.4 Å². The monoisotopic (exact) mass is 222 g/mol. The molecule has 0 aliphatic rings. The molecule has 0 aromatic heterocycles. The standard InChI is InChI=1S/C12H14O4/c1-16-12(15)11(14)10(13)8-7-9-5-3-2-4-6-9/h2-8,10-11,13-14H,1H3/b8-7+/t10-,11-/m1/s1. The molecular formula is C12H14O4. The maximum Gasteiger partial charge on any atom is 0.337 e. The summed E-state index contributed by atoms with van der Waals surface area (Å²) in [6, 6.07) is 9.25. The Labute approximate surface area is 93.8 Å². The summed E-state index contributed by atoms with van der Waals surface area (Å²) in [6.07, 6.45) is 0.144. The van der Waals surface area contributed by atoms with Gasteiger partial charge in [0.2, 0.25) is 0 Å². The van der Waals surface area contributed by atoms with E-state index in [4.69, 9.17) is 0 Å². The highest BCUT2D eigenvalue weighted by Crippen LogP contribution is 2.04. The number of benzene rings is 1. The predicted molar refractivity (Wildman–Crippen MR) is 59.5 cm³/mol. The maximum atomic E-state index is 10.9. The lowest BCUT2D eigenvalue weighted by Crippen LogP contribution is -2.33. The number of aliphatic hydroxyl groups is 2. The molecule has 2 atom stereocenters. The fraction of sp³-hybridized carbons (Fsp3) is 0.250. The highest BCUT2D eigenvalue weighted by atomic mass is 16.5. The van der Waals surface area contributed by atoms with Crippen LogP contribution in [0.25, 0.3) is 6.08 Å². The molecule has 0 aliphatic heterocycles. The van der Waals surface area contributed by atoms with Crippen LogP contribution in [-0.2, 0) is 9.53 Å². The van der Waals surface area contributed by atoms with Crippen molar-refractivity contribution in [1.29, 1.82) is 0 Å². The van der Waals surface area contributed by atoms with Gasteiger partial charge in [-0.25, -0.2) is 4.79 Å². The molecule has 0 saturated heterocycles. The molecule has 0 aliphatic carbocycles. The number of hydrogen-bond acceptors (Lipinski definition) is 4. The van der Waals surface area contributed by atoms with Crippen LogP contribution in [0.4, 0.5) is 0 Å². The molecule has 0 amide bonds. The molecule has 0 saturated carbocycles. The fourth-order valence-electron chi connectivity index (χ4n) is 1.14. The van der Waals surface area contributed by atoms with Gasteiger partial charge in [0.1, 0.15) is 6.10 Å². The Morgan fingerprint density at radius 2 is 1.94 bits per heavy atom. The van der Waals surface area contributed by atoms with Gasteiger partial charge >= 0.3 is 5.97 Å². The first-order chi connectivity index (χ1) is 7.65. The van der Waals surface area contributed by atoms with Gasteiger partial charge in [-0.05, 0) is 5.56 Å². The molecule has 16 heavy (non-hydrogen) atoms. The van der Waals surface area contributed by atoms with Crippen LogP contribution < -0.4 is 0 Å². The number of esters is 1. The van der Waals surface area contributed by atoms with Gasteiger partial charge in [-0.3, -0.25) is 0 Å². The number of carbonyl (C=O) groups is 1. The first-order valence-electron chi connectivity index (χ1n) is 4.82. The SMILES string of the molecule is COC(=O)[C@H](O)[C@H](O)/C=C/c1ccccc1. The summed E-state index contributed by atoms with van der Waals surface area (Å²) < 4.78 is 4.30. The Morgan fingerprint density at radius 3 is 2.50 bits per heavy atom. The van der Waals surface area contributed by atoms with E-state index in [2.05, 4.69) is 4.74 Å². The molecule has 0 heterocycles. The fourth-order valence-corrected chi connectivity index (χ4v) is 1.14. The summed E-state index contributed by atoms with van der Waals surface area (Å²) >= 11 is 0. The van der Waals surface area contributed by atoms with Crippen LogP contribution in [0, 0.1) is 0 Å². The van der Waals surface area contributed by atoms with E-state index >= 15 is 0 Å². The lowest BCUT2D eigenvalue weighted by molar-refractivity contribution is -0.154. The first-order valence-corrected chi connectivity index (χ1v) is 4.82. The zero-order valence-electron chi connectivity index (χ0n) is 8.91. The minimum Gasteiger partial charge on any atom is -0.467 e. The van der Waals surface area contributed by atoms with Crippen molar-refractivity contribution >= 4 is 12.0 Å². The summed E-state index contributed by atoms with van der Waals surface area (Å²) in [6.45, 7) is 0. The molecule has 0 fully saturated rings. The second-order valence-electron chi connectivity index (χ2n) is 3.23. The van der Waals surface area contributed by atoms with E-state index in [-0.39, 0.29) is 0 Å². The summed E-state index contributed by atoms with van der Waals surface area (Å²) in [5, 5.41) is 18.7. The van der Waals surface area contributed by atoms with Gasteiger partial charge in [0.05, 0.1) is 7.11 Å². The minimum absolute atomic E-state index is 0.856. The quantitative estimate of drug-likeness (QED) is 0.732. The van der Waals surface area contributed by atoms with Crippen molar-refractivity contribution in [2.45, 2.75) is 12.2 Å². The van der Waals surface area contributed by atoms with Crippen LogP contribution in [-0.4, -0.2) is 35.5 Å². The zero-order valence-corrected chi connectivity index (χ0v) is 8.91. The second kappa shape index (κ2) is 6.05. The molecule has 1 aromatic carbocycles. The second-order valence-corrected chi connectivity index (χ2v) is 3.23. The average Bonchev–Trinajstić information content (AvgIpc) is 2.35. The van der Waals surface area contributed by atoms with E-state index in [1.165, 1.54) is 6.08 Å². The van der Waals surface area contributed by atoms with Crippen LogP contribution in [0.5, 0.6) is 0 Å². The molecule has 0 radical (unpaired) electrons. The summed E-state index contributed by atoms with van der Waals surface area (Å²) in [7, 11) is 1.15. The largest absolute Gasteiger partial charge is 0.467 e. The summed E-state index contributed by atoms with van der Waals surface area (Å²) in [5.74, 6) is -0.856. The van der Waals surface area contributed by atoms with Crippen molar-refractivity contribution in [3.05, 3.63) is 42.0 Å². The van der Waals surface area contributed by atoms with Gasteiger partial charge in [0.25, 0.3) is 0 Å². The lowest BCUT2D eigenvalue weighted by Gasteiger charge is -2.11. The van der Waals surface area contributed by atoms with Crippen molar-refractivity contribution in [2.75, 3.05) is 7.11 Å². The third-order valence-electron chi connectivity index (χ3n) is 2.05. The van der Waals surface area contributed by atoms with Crippen LogP contribution >= 0.6 is 0 Å². The van der Waals surface area contributed by atoms with Crippen LogP contribution in [0.1, 0.15) is 5.56 Å². The van der Waals surface area contributed by atoms with Gasteiger partial charge in [-0.1, -0.05) is 42.5 Å². The van der Waals surface area contributed by atoms with Crippen molar-refractivity contribution in [1.82, 2.24) is 0 Å². The van der Waals surface area contributed by atoms with Gasteiger partial charge in [-0.2, -0.15) is 0 Å². The third-order valence-corrected chi connectivity index (χ3v) is 2.05. The molecule has 1 aromatic rings. The Balaban J connectivity index is 2.61. The summed E-state index contributed by atoms with van der Waals surface area (Å²) in [4.78, 5) is 10.9. The van der Waals surface area contributed by atoms with Gasteiger partial charge in [-0.15, -0.1) is 0 Å². The number of hydrogen-bond donors (Lipinski definition) is 2. The van der Waals surface area contributed by atoms with Gasteiger partial charge in [0.15, 0.2) is 6.10 Å². The highest BCUT2D eigenvalue weighted by Gasteiger charge is 2.22. The van der Waals surface area contributed by atoms with Crippen molar-refractivity contribution in [3.8, 4) is 0 Å². The maximum absolute atomic E-state index is 10.9. The number of methoxy groups -OCH3 is 1. The number of ether oxygens (including phenoxy) is 1. The van der Waals surface area contributed by atoms with Gasteiger partial charge in [0, 0.05) is 0 Å². The zero-order chi connectivity index (χ0) is 12.0. The Kier molecular flexibility index (Phi) is 4.69. The smallest absolute Gasteiger partial charge is 0.337 e. The number of aliphatic hydroxyl groups excluding tert-OH is 2. The molecule has 2 N–H and O–H groups in total. The molecule has 4 heteroatoms. The minimum atomic E-state index is -1.55. The molecule has 0 bridgehead atoms. The molecule has 1 rings (SSSR count). The average molecular weight is 222 g/mol. The molecule has 0 unspecified atom stereocenters. The lowest BCUT2D eigenvalue weighted by atomic mass is 10.1. The Bertz CT molecular complexity index is 359. The Morgan fingerprint density at radius 1 is 1.31 bits per heavy atom. The molecular weight excluding hydrogens is 208 g/mol. The first kappa shape index (κ1) is 12.4. The molecule has 0 spiro atoms. The Hall–Kier alpha value is -1.65. The van der Waals surface area contributed by atoms with Crippen LogP contribution in [0.2, 0.25) is 0 Å². The number of carbonyl (C=O) groups excluding carboxylic acids is 1. The normalized spacial score (nSPS) is 14.7. The van der Waals surface area contributed by atoms with E-state index in [1.807, 2.05) is 30.3 Å². The topological polar surface area (TPSA) is 66.8 Å². The predicted octanol–water partition coefficient (Wildman–Crippen LogP) is 0.595. The van der Waals surface area contributed by atoms with Crippen molar-refractivity contribution in [3.63, 3.8) is 0 Å². The summed E-state index contributed by atoms with van der Waals surface area (Å²) in [5.41, 5.74) is 0.874. The van der Waals surface area contributed by atoms with E-state index in [0.717, 1.165) is 12.7 Å². The van der Waals surface area contributed by atoms with Crippen molar-refractivity contribution in [2.24, 2.45) is 0 Å². The van der Waals surface area contributed by atoms with Gasteiger partial charge < -0.3 is 14.9 Å². The van der Waals surface area contributed by atoms with E-state index < -0.39 is 18.2 Å².